The van der Waals surface area contributed by atoms with Crippen molar-refractivity contribution in [2.24, 2.45) is 0 Å². The Bertz CT molecular complexity index is 836. The Morgan fingerprint density at radius 1 is 1.22 bits per heavy atom. The molecule has 0 atom stereocenters. The lowest BCUT2D eigenvalue weighted by atomic mass is 10.2. The Kier molecular flexibility index (Phi) is 4.29. The molecule has 0 bridgehead atoms. The summed E-state index contributed by atoms with van der Waals surface area (Å²) in [6.07, 6.45) is 0. The van der Waals surface area contributed by atoms with Gasteiger partial charge >= 0.3 is 0 Å². The Balaban J connectivity index is 1.78. The van der Waals surface area contributed by atoms with Crippen molar-refractivity contribution in [3.05, 3.63) is 59.9 Å². The molecular formula is C16H12FN3O2S. The van der Waals surface area contributed by atoms with Gasteiger partial charge in [-0.1, -0.05) is 18.2 Å². The molecule has 1 heterocycles. The molecule has 5 nitrogen and oxygen atoms in total. The molecule has 0 saturated carbocycles. The van der Waals surface area contributed by atoms with Crippen LogP contribution in [0.1, 0.15) is 10.4 Å². The van der Waals surface area contributed by atoms with Crippen LogP contribution in [0.3, 0.4) is 0 Å². The molecule has 1 aromatic heterocycles. The summed E-state index contributed by atoms with van der Waals surface area (Å²) in [7, 11) is 1.40. The highest BCUT2D eigenvalue weighted by molar-refractivity contribution is 7.10. The van der Waals surface area contributed by atoms with Crippen molar-refractivity contribution < 1.29 is 13.9 Å². The zero-order valence-corrected chi connectivity index (χ0v) is 12.9. The molecule has 0 aliphatic rings. The standard InChI is InChI=1S/C16H12FN3O2S/c1-22-13-8-7-11(9-12(13)17)14-18-16(23-20-14)19-15(21)10-5-3-2-4-6-10/h2-9H,1H3,(H,18,19,20,21). The molecule has 1 amide bonds. The summed E-state index contributed by atoms with van der Waals surface area (Å²) in [6, 6.07) is 13.3. The van der Waals surface area contributed by atoms with E-state index in [9.17, 15) is 9.18 Å². The Morgan fingerprint density at radius 3 is 2.70 bits per heavy atom. The first-order valence-electron chi connectivity index (χ1n) is 6.71. The van der Waals surface area contributed by atoms with Crippen molar-refractivity contribution in [2.45, 2.75) is 0 Å². The number of carbonyl (C=O) groups excluding carboxylic acids is 1. The molecule has 0 unspecified atom stereocenters. The summed E-state index contributed by atoms with van der Waals surface area (Å²) < 4.78 is 22.7. The summed E-state index contributed by atoms with van der Waals surface area (Å²) in [5, 5.41) is 3.02. The minimum Gasteiger partial charge on any atom is -0.494 e. The first-order valence-corrected chi connectivity index (χ1v) is 7.49. The highest BCUT2D eigenvalue weighted by atomic mass is 32.1. The third-order valence-corrected chi connectivity index (χ3v) is 3.72. The van der Waals surface area contributed by atoms with E-state index in [4.69, 9.17) is 4.74 Å². The SMILES string of the molecule is COc1ccc(-c2nsc(NC(=O)c3ccccc3)n2)cc1F. The minimum atomic E-state index is -0.491. The van der Waals surface area contributed by atoms with Crippen LogP contribution in [-0.4, -0.2) is 22.4 Å². The Hall–Kier alpha value is -2.80. The van der Waals surface area contributed by atoms with E-state index in [0.717, 1.165) is 11.5 Å². The van der Waals surface area contributed by atoms with Crippen LogP contribution in [0.2, 0.25) is 0 Å². The van der Waals surface area contributed by atoms with Gasteiger partial charge in [-0.05, 0) is 30.3 Å². The molecule has 0 spiro atoms. The molecule has 0 saturated heterocycles. The zero-order chi connectivity index (χ0) is 16.2. The number of nitrogens with one attached hydrogen (secondary N) is 1. The number of ether oxygens (including phenoxy) is 1. The van der Waals surface area contributed by atoms with E-state index in [1.54, 1.807) is 30.3 Å². The predicted octanol–water partition coefficient (Wildman–Crippen LogP) is 3.61. The summed E-state index contributed by atoms with van der Waals surface area (Å²) >= 11 is 1.04. The quantitative estimate of drug-likeness (QED) is 0.794. The van der Waals surface area contributed by atoms with Gasteiger partial charge in [-0.3, -0.25) is 10.1 Å². The van der Waals surface area contributed by atoms with Crippen molar-refractivity contribution in [1.29, 1.82) is 0 Å². The molecule has 0 aliphatic heterocycles. The number of aromatic nitrogens is 2. The fourth-order valence-corrected chi connectivity index (χ4v) is 2.54. The van der Waals surface area contributed by atoms with Crippen LogP contribution < -0.4 is 10.1 Å². The van der Waals surface area contributed by atoms with E-state index >= 15 is 0 Å². The number of nitrogens with zero attached hydrogens (tertiary/aromatic N) is 2. The van der Waals surface area contributed by atoms with Gasteiger partial charge in [0.05, 0.1) is 7.11 Å². The molecule has 2 aromatic carbocycles. The van der Waals surface area contributed by atoms with E-state index in [0.29, 0.717) is 22.1 Å². The third-order valence-electron chi connectivity index (χ3n) is 3.09. The maximum absolute atomic E-state index is 13.7. The third kappa shape index (κ3) is 3.35. The number of halogens is 1. The lowest BCUT2D eigenvalue weighted by Gasteiger charge is -2.02. The van der Waals surface area contributed by atoms with Crippen LogP contribution in [0.5, 0.6) is 5.75 Å². The van der Waals surface area contributed by atoms with Gasteiger partial charge in [0.15, 0.2) is 17.4 Å². The number of rotatable bonds is 4. The molecule has 0 fully saturated rings. The van der Waals surface area contributed by atoms with Crippen LogP contribution in [0, 0.1) is 5.82 Å². The second kappa shape index (κ2) is 6.53. The molecule has 23 heavy (non-hydrogen) atoms. The maximum atomic E-state index is 13.7. The fourth-order valence-electron chi connectivity index (χ4n) is 1.96. The van der Waals surface area contributed by atoms with Gasteiger partial charge < -0.3 is 4.74 Å². The van der Waals surface area contributed by atoms with Gasteiger partial charge in [0, 0.05) is 22.7 Å². The predicted molar refractivity (Wildman–Crippen MR) is 86.3 cm³/mol. The number of anilines is 1. The average Bonchev–Trinajstić information content (AvgIpc) is 3.04. The van der Waals surface area contributed by atoms with Gasteiger partial charge in [0.2, 0.25) is 5.13 Å². The number of hydrogen-bond donors (Lipinski definition) is 1. The monoisotopic (exact) mass is 329 g/mol. The lowest BCUT2D eigenvalue weighted by molar-refractivity contribution is 0.102. The van der Waals surface area contributed by atoms with Gasteiger partial charge in [0.1, 0.15) is 0 Å². The van der Waals surface area contributed by atoms with Crippen molar-refractivity contribution in [2.75, 3.05) is 12.4 Å². The smallest absolute Gasteiger partial charge is 0.257 e. The van der Waals surface area contributed by atoms with Gasteiger partial charge in [0.25, 0.3) is 5.91 Å². The van der Waals surface area contributed by atoms with Gasteiger partial charge in [-0.15, -0.1) is 0 Å². The molecule has 7 heteroatoms. The molecule has 3 rings (SSSR count). The molecule has 1 N–H and O–H groups in total. The zero-order valence-electron chi connectivity index (χ0n) is 12.1. The van der Waals surface area contributed by atoms with Crippen LogP contribution in [0.15, 0.2) is 48.5 Å². The van der Waals surface area contributed by atoms with Crippen LogP contribution >= 0.6 is 11.5 Å². The van der Waals surface area contributed by atoms with E-state index in [1.165, 1.54) is 19.2 Å². The van der Waals surface area contributed by atoms with Crippen LogP contribution in [0.4, 0.5) is 9.52 Å². The normalized spacial score (nSPS) is 10.3. The van der Waals surface area contributed by atoms with E-state index < -0.39 is 5.82 Å². The minimum absolute atomic E-state index is 0.154. The number of hydrogen-bond acceptors (Lipinski definition) is 5. The number of methoxy groups -OCH3 is 1. The highest BCUT2D eigenvalue weighted by Gasteiger charge is 2.12. The van der Waals surface area contributed by atoms with E-state index in [1.807, 2.05) is 6.07 Å². The van der Waals surface area contributed by atoms with E-state index in [-0.39, 0.29) is 11.7 Å². The first-order chi connectivity index (χ1) is 11.2. The summed E-state index contributed by atoms with van der Waals surface area (Å²) in [5.41, 5.74) is 1.04. The van der Waals surface area contributed by atoms with Crippen LogP contribution in [0.25, 0.3) is 11.4 Å². The number of amides is 1. The first kappa shape index (κ1) is 15.1. The van der Waals surface area contributed by atoms with Gasteiger partial charge in [-0.2, -0.15) is 9.36 Å². The largest absolute Gasteiger partial charge is 0.494 e. The van der Waals surface area contributed by atoms with Crippen molar-refractivity contribution in [1.82, 2.24) is 9.36 Å². The number of benzene rings is 2. The Labute approximate surface area is 135 Å². The highest BCUT2D eigenvalue weighted by Crippen LogP contribution is 2.26. The average molecular weight is 329 g/mol. The molecular weight excluding hydrogens is 317 g/mol. The molecule has 3 aromatic rings. The molecule has 116 valence electrons. The summed E-state index contributed by atoms with van der Waals surface area (Å²) in [5.74, 6) is -0.259. The second-order valence-corrected chi connectivity index (χ2v) is 5.34. The van der Waals surface area contributed by atoms with Gasteiger partial charge in [-0.25, -0.2) is 4.39 Å². The Morgan fingerprint density at radius 2 is 2.00 bits per heavy atom. The molecule has 0 radical (unpaired) electrons. The van der Waals surface area contributed by atoms with E-state index in [2.05, 4.69) is 14.7 Å². The lowest BCUT2D eigenvalue weighted by Crippen LogP contribution is -2.11. The topological polar surface area (TPSA) is 64.1 Å². The summed E-state index contributed by atoms with van der Waals surface area (Å²) in [4.78, 5) is 16.3. The second-order valence-electron chi connectivity index (χ2n) is 4.59. The van der Waals surface area contributed by atoms with Crippen molar-refractivity contribution in [3.63, 3.8) is 0 Å². The number of carbonyl (C=O) groups is 1. The maximum Gasteiger partial charge on any atom is 0.257 e. The fraction of sp³-hybridized carbons (Fsp3) is 0.0625. The van der Waals surface area contributed by atoms with Crippen molar-refractivity contribution >= 4 is 22.6 Å². The van der Waals surface area contributed by atoms with Crippen molar-refractivity contribution in [3.8, 4) is 17.1 Å². The molecule has 0 aliphatic carbocycles. The summed E-state index contributed by atoms with van der Waals surface area (Å²) in [6.45, 7) is 0. The van der Waals surface area contributed by atoms with Crippen LogP contribution in [-0.2, 0) is 0 Å².